The lowest BCUT2D eigenvalue weighted by Gasteiger charge is -2.35. The van der Waals surface area contributed by atoms with Crippen LogP contribution in [-0.2, 0) is 9.47 Å². The Morgan fingerprint density at radius 2 is 1.61 bits per heavy atom. The van der Waals surface area contributed by atoms with E-state index in [0.29, 0.717) is 12.1 Å². The monoisotopic (exact) mass is 326 g/mol. The molecule has 2 N–H and O–H groups in total. The summed E-state index contributed by atoms with van der Waals surface area (Å²) in [5, 5.41) is 6.81. The number of carbonyl (C=O) groups is 1. The zero-order valence-electron chi connectivity index (χ0n) is 15.2. The molecule has 1 atom stereocenters. The molecule has 0 aromatic carbocycles. The van der Waals surface area contributed by atoms with Gasteiger partial charge in [-0.3, -0.25) is 0 Å². The van der Waals surface area contributed by atoms with Gasteiger partial charge in [-0.15, -0.1) is 0 Å². The second kappa shape index (κ2) is 8.34. The minimum Gasteiger partial charge on any atom is -0.444 e. The van der Waals surface area contributed by atoms with Gasteiger partial charge in [-0.1, -0.05) is 0 Å². The first-order valence-electron chi connectivity index (χ1n) is 9.17. The van der Waals surface area contributed by atoms with Crippen molar-refractivity contribution in [2.45, 2.75) is 89.9 Å². The van der Waals surface area contributed by atoms with Crippen LogP contribution in [0.15, 0.2) is 0 Å². The number of nitrogens with one attached hydrogen (secondary N) is 2. The Morgan fingerprint density at radius 1 is 1.04 bits per heavy atom. The van der Waals surface area contributed by atoms with Crippen LogP contribution in [0.25, 0.3) is 0 Å². The molecule has 1 heterocycles. The third-order valence-corrected chi connectivity index (χ3v) is 4.92. The molecule has 1 aliphatic carbocycles. The van der Waals surface area contributed by atoms with Gasteiger partial charge < -0.3 is 20.1 Å². The van der Waals surface area contributed by atoms with E-state index in [1.165, 1.54) is 12.8 Å². The first-order chi connectivity index (χ1) is 10.8. The van der Waals surface area contributed by atoms with E-state index in [4.69, 9.17) is 9.47 Å². The standard InChI is InChI=1S/C18H34N2O3/c1-13(14-9-11-22-12-10-14)19-15-5-7-16(8-6-15)20-17(21)23-18(2,3)4/h13-16,19H,5-12H2,1-4H3,(H,20,21)/t13-,15?,16?/m1/s1. The van der Waals surface area contributed by atoms with Gasteiger partial charge in [0.05, 0.1) is 0 Å². The summed E-state index contributed by atoms with van der Waals surface area (Å²) >= 11 is 0. The van der Waals surface area contributed by atoms with E-state index in [9.17, 15) is 4.79 Å². The van der Waals surface area contributed by atoms with E-state index in [-0.39, 0.29) is 12.1 Å². The minimum atomic E-state index is -0.429. The molecule has 5 nitrogen and oxygen atoms in total. The van der Waals surface area contributed by atoms with Crippen molar-refractivity contribution in [3.63, 3.8) is 0 Å². The fraction of sp³-hybridized carbons (Fsp3) is 0.944. The highest BCUT2D eigenvalue weighted by molar-refractivity contribution is 5.68. The van der Waals surface area contributed by atoms with E-state index in [1.54, 1.807) is 0 Å². The highest BCUT2D eigenvalue weighted by atomic mass is 16.6. The van der Waals surface area contributed by atoms with E-state index in [0.717, 1.165) is 44.8 Å². The van der Waals surface area contributed by atoms with E-state index in [1.807, 2.05) is 20.8 Å². The van der Waals surface area contributed by atoms with Crippen molar-refractivity contribution in [2.24, 2.45) is 5.92 Å². The average Bonchev–Trinajstić information content (AvgIpc) is 2.48. The number of carbonyl (C=O) groups excluding carboxylic acids is 1. The third kappa shape index (κ3) is 6.68. The zero-order chi connectivity index (χ0) is 16.9. The number of hydrogen-bond acceptors (Lipinski definition) is 4. The van der Waals surface area contributed by atoms with Gasteiger partial charge in [0.15, 0.2) is 0 Å². The second-order valence-electron chi connectivity index (χ2n) is 8.10. The van der Waals surface area contributed by atoms with E-state index in [2.05, 4.69) is 17.6 Å². The van der Waals surface area contributed by atoms with Crippen LogP contribution in [0.2, 0.25) is 0 Å². The smallest absolute Gasteiger partial charge is 0.407 e. The maximum Gasteiger partial charge on any atom is 0.407 e. The van der Waals surface area contributed by atoms with Crippen molar-refractivity contribution in [3.05, 3.63) is 0 Å². The van der Waals surface area contributed by atoms with Gasteiger partial charge in [0.2, 0.25) is 0 Å². The first kappa shape index (κ1) is 18.5. The largest absolute Gasteiger partial charge is 0.444 e. The molecule has 1 saturated carbocycles. The summed E-state index contributed by atoms with van der Waals surface area (Å²) < 4.78 is 10.8. The van der Waals surface area contributed by atoms with E-state index >= 15 is 0 Å². The Bertz CT molecular complexity index is 367. The van der Waals surface area contributed by atoms with Gasteiger partial charge in [0.1, 0.15) is 5.60 Å². The predicted molar refractivity (Wildman–Crippen MR) is 91.6 cm³/mol. The van der Waals surface area contributed by atoms with Crippen molar-refractivity contribution < 1.29 is 14.3 Å². The summed E-state index contributed by atoms with van der Waals surface area (Å²) in [6.45, 7) is 9.80. The molecular formula is C18H34N2O3. The fourth-order valence-corrected chi connectivity index (χ4v) is 3.60. The summed E-state index contributed by atoms with van der Waals surface area (Å²) in [6, 6.07) is 1.38. The number of ether oxygens (including phenoxy) is 2. The molecule has 0 aromatic rings. The normalized spacial score (nSPS) is 28.2. The Labute approximate surface area is 140 Å². The first-order valence-corrected chi connectivity index (χ1v) is 9.17. The van der Waals surface area contributed by atoms with Gasteiger partial charge in [0.25, 0.3) is 0 Å². The fourth-order valence-electron chi connectivity index (χ4n) is 3.60. The summed E-state index contributed by atoms with van der Waals surface area (Å²) in [7, 11) is 0. The van der Waals surface area contributed by atoms with Crippen molar-refractivity contribution in [1.82, 2.24) is 10.6 Å². The summed E-state index contributed by atoms with van der Waals surface area (Å²) in [5.41, 5.74) is -0.429. The molecule has 0 bridgehead atoms. The molecular weight excluding hydrogens is 292 g/mol. The van der Waals surface area contributed by atoms with Crippen molar-refractivity contribution >= 4 is 6.09 Å². The van der Waals surface area contributed by atoms with Crippen molar-refractivity contribution in [2.75, 3.05) is 13.2 Å². The van der Waals surface area contributed by atoms with Crippen LogP contribution < -0.4 is 10.6 Å². The maximum absolute atomic E-state index is 11.8. The van der Waals surface area contributed by atoms with Gasteiger partial charge in [0, 0.05) is 31.3 Å². The molecule has 1 saturated heterocycles. The molecule has 2 rings (SSSR count). The molecule has 5 heteroatoms. The SMILES string of the molecule is C[C@@H](NC1CCC(NC(=O)OC(C)(C)C)CC1)C1CCOCC1. The van der Waals surface area contributed by atoms with Crippen LogP contribution in [0.5, 0.6) is 0 Å². The maximum atomic E-state index is 11.8. The van der Waals surface area contributed by atoms with Crippen molar-refractivity contribution in [1.29, 1.82) is 0 Å². The number of alkyl carbamates (subject to hydrolysis) is 1. The molecule has 1 amide bonds. The Kier molecular flexibility index (Phi) is 6.72. The number of hydrogen-bond donors (Lipinski definition) is 2. The molecule has 2 aliphatic rings. The molecule has 1 aliphatic heterocycles. The molecule has 134 valence electrons. The Morgan fingerprint density at radius 3 is 2.17 bits per heavy atom. The quantitative estimate of drug-likeness (QED) is 0.833. The molecule has 2 fully saturated rings. The van der Waals surface area contributed by atoms with Crippen LogP contribution in [0.3, 0.4) is 0 Å². The summed E-state index contributed by atoms with van der Waals surface area (Å²) in [5.74, 6) is 0.737. The number of rotatable bonds is 4. The lowest BCUT2D eigenvalue weighted by molar-refractivity contribution is 0.0478. The molecule has 0 aromatic heterocycles. The van der Waals surface area contributed by atoms with Crippen LogP contribution in [0, 0.1) is 5.92 Å². The zero-order valence-corrected chi connectivity index (χ0v) is 15.2. The van der Waals surface area contributed by atoms with Crippen LogP contribution in [0.4, 0.5) is 4.79 Å². The van der Waals surface area contributed by atoms with Gasteiger partial charge in [-0.2, -0.15) is 0 Å². The predicted octanol–water partition coefficient (Wildman–Crippen LogP) is 3.23. The molecule has 23 heavy (non-hydrogen) atoms. The summed E-state index contributed by atoms with van der Waals surface area (Å²) in [6.07, 6.45) is 6.34. The Balaban J connectivity index is 1.66. The highest BCUT2D eigenvalue weighted by Gasteiger charge is 2.27. The number of amides is 1. The lowest BCUT2D eigenvalue weighted by Crippen LogP contribution is -2.47. The van der Waals surface area contributed by atoms with Crippen molar-refractivity contribution in [3.8, 4) is 0 Å². The van der Waals surface area contributed by atoms with Gasteiger partial charge in [-0.25, -0.2) is 4.79 Å². The van der Waals surface area contributed by atoms with Crippen LogP contribution in [0.1, 0.15) is 66.2 Å². The van der Waals surface area contributed by atoms with Gasteiger partial charge in [-0.05, 0) is 72.1 Å². The molecule has 0 radical (unpaired) electrons. The third-order valence-electron chi connectivity index (χ3n) is 4.92. The minimum absolute atomic E-state index is 0.251. The highest BCUT2D eigenvalue weighted by Crippen LogP contribution is 2.23. The van der Waals surface area contributed by atoms with Crippen LogP contribution in [-0.4, -0.2) is 43.0 Å². The Hall–Kier alpha value is -0.810. The lowest BCUT2D eigenvalue weighted by atomic mass is 9.88. The topological polar surface area (TPSA) is 59.6 Å². The van der Waals surface area contributed by atoms with E-state index < -0.39 is 5.60 Å². The molecule has 0 spiro atoms. The average molecular weight is 326 g/mol. The molecule has 0 unspecified atom stereocenters. The van der Waals surface area contributed by atoms with Crippen LogP contribution >= 0.6 is 0 Å². The second-order valence-corrected chi connectivity index (χ2v) is 8.10. The van der Waals surface area contributed by atoms with Gasteiger partial charge >= 0.3 is 6.09 Å². The summed E-state index contributed by atoms with van der Waals surface area (Å²) in [4.78, 5) is 11.8.